The third kappa shape index (κ3) is 2.68. The van der Waals surface area contributed by atoms with Crippen LogP contribution in [0.2, 0.25) is 0 Å². The van der Waals surface area contributed by atoms with Crippen LogP contribution in [0.5, 0.6) is 0 Å². The molecule has 1 heterocycles. The maximum absolute atomic E-state index is 14.2. The predicted octanol–water partition coefficient (Wildman–Crippen LogP) is 2.83. The molecule has 102 valence electrons. The zero-order valence-electron chi connectivity index (χ0n) is 11.9. The third-order valence-corrected chi connectivity index (χ3v) is 3.45. The first-order valence-corrected chi connectivity index (χ1v) is 6.47. The Morgan fingerprint density at radius 3 is 2.47 bits per heavy atom. The van der Waals surface area contributed by atoms with Crippen molar-refractivity contribution in [3.05, 3.63) is 46.5 Å². The summed E-state index contributed by atoms with van der Waals surface area (Å²) < 4.78 is 15.9. The van der Waals surface area contributed by atoms with Gasteiger partial charge in [-0.3, -0.25) is 0 Å². The fourth-order valence-corrected chi connectivity index (χ4v) is 2.18. The van der Waals surface area contributed by atoms with E-state index in [-0.39, 0.29) is 11.9 Å². The summed E-state index contributed by atoms with van der Waals surface area (Å²) in [5, 5.41) is 4.38. The molecule has 2 rings (SSSR count). The maximum Gasteiger partial charge on any atom is 0.149 e. The van der Waals surface area contributed by atoms with Gasteiger partial charge in [0.1, 0.15) is 11.5 Å². The summed E-state index contributed by atoms with van der Waals surface area (Å²) in [6.45, 7) is 7.79. The number of nitrogens with zero attached hydrogens (tertiary/aromatic N) is 2. The molecule has 1 aromatic carbocycles. The Morgan fingerprint density at radius 1 is 1.32 bits per heavy atom. The number of benzene rings is 1. The molecule has 0 aliphatic heterocycles. The average Bonchev–Trinajstić information content (AvgIpc) is 2.56. The molecule has 2 aromatic rings. The van der Waals surface area contributed by atoms with Gasteiger partial charge in [-0.25, -0.2) is 9.07 Å². The Balaban J connectivity index is 2.43. The molecule has 2 N–H and O–H groups in total. The zero-order chi connectivity index (χ0) is 14.2. The van der Waals surface area contributed by atoms with Crippen molar-refractivity contribution in [3.63, 3.8) is 0 Å². The Morgan fingerprint density at radius 2 is 2.00 bits per heavy atom. The van der Waals surface area contributed by atoms with Gasteiger partial charge in [0, 0.05) is 11.7 Å². The molecule has 0 saturated carbocycles. The summed E-state index contributed by atoms with van der Waals surface area (Å²) >= 11 is 0. The molecule has 0 spiro atoms. The fourth-order valence-electron chi connectivity index (χ4n) is 2.18. The second-order valence-corrected chi connectivity index (χ2v) is 5.17. The maximum atomic E-state index is 14.2. The second kappa shape index (κ2) is 5.13. The van der Waals surface area contributed by atoms with E-state index in [0.29, 0.717) is 12.1 Å². The predicted molar refractivity (Wildman–Crippen MR) is 75.1 cm³/mol. The minimum atomic E-state index is -0.260. The van der Waals surface area contributed by atoms with E-state index in [4.69, 9.17) is 5.73 Å². The summed E-state index contributed by atoms with van der Waals surface area (Å²) in [5.41, 5.74) is 10.1. The average molecular weight is 261 g/mol. The summed E-state index contributed by atoms with van der Waals surface area (Å²) in [6, 6.07) is 5.26. The molecule has 0 bridgehead atoms. The molecule has 0 fully saturated rings. The normalized spacial score (nSPS) is 12.7. The number of nitrogens with two attached hydrogens (primary N) is 1. The molecule has 0 aliphatic rings. The van der Waals surface area contributed by atoms with E-state index >= 15 is 0 Å². The van der Waals surface area contributed by atoms with Crippen LogP contribution >= 0.6 is 0 Å². The lowest BCUT2D eigenvalue weighted by Gasteiger charge is -2.09. The molecular weight excluding hydrogens is 241 g/mol. The van der Waals surface area contributed by atoms with Crippen molar-refractivity contribution in [3.8, 4) is 5.69 Å². The molecule has 3 nitrogen and oxygen atoms in total. The van der Waals surface area contributed by atoms with Gasteiger partial charge in [-0.1, -0.05) is 6.07 Å². The molecule has 1 unspecified atom stereocenters. The van der Waals surface area contributed by atoms with Crippen molar-refractivity contribution in [1.82, 2.24) is 9.78 Å². The standard InChI is InChI=1S/C15H20FN3/c1-9(17)7-13-5-6-15(14(16)8-13)19-12(4)10(2)11(3)18-19/h5-6,8-9H,7,17H2,1-4H3. The second-order valence-electron chi connectivity index (χ2n) is 5.17. The van der Waals surface area contributed by atoms with Gasteiger partial charge >= 0.3 is 0 Å². The van der Waals surface area contributed by atoms with Crippen molar-refractivity contribution in [2.75, 3.05) is 0 Å². The largest absolute Gasteiger partial charge is 0.328 e. The van der Waals surface area contributed by atoms with Crippen molar-refractivity contribution in [2.45, 2.75) is 40.2 Å². The number of rotatable bonds is 3. The summed E-state index contributed by atoms with van der Waals surface area (Å²) in [5.74, 6) is -0.260. The van der Waals surface area contributed by atoms with Gasteiger partial charge in [0.15, 0.2) is 0 Å². The van der Waals surface area contributed by atoms with Gasteiger partial charge < -0.3 is 5.73 Å². The van der Waals surface area contributed by atoms with E-state index in [1.54, 1.807) is 16.8 Å². The highest BCUT2D eigenvalue weighted by atomic mass is 19.1. The summed E-state index contributed by atoms with van der Waals surface area (Å²) in [4.78, 5) is 0. The first-order chi connectivity index (χ1) is 8.90. The van der Waals surface area contributed by atoms with Crippen LogP contribution in [0.3, 0.4) is 0 Å². The smallest absolute Gasteiger partial charge is 0.149 e. The zero-order valence-corrected chi connectivity index (χ0v) is 11.9. The minimum Gasteiger partial charge on any atom is -0.328 e. The van der Waals surface area contributed by atoms with E-state index in [1.165, 1.54) is 0 Å². The summed E-state index contributed by atoms with van der Waals surface area (Å²) in [6.07, 6.45) is 0.674. The fraction of sp³-hybridized carbons (Fsp3) is 0.400. The molecule has 19 heavy (non-hydrogen) atoms. The molecule has 0 amide bonds. The lowest BCUT2D eigenvalue weighted by molar-refractivity contribution is 0.603. The molecule has 0 aliphatic carbocycles. The summed E-state index contributed by atoms with van der Waals surface area (Å²) in [7, 11) is 0. The van der Waals surface area contributed by atoms with E-state index < -0.39 is 0 Å². The van der Waals surface area contributed by atoms with Crippen molar-refractivity contribution in [2.24, 2.45) is 5.73 Å². The number of aromatic nitrogens is 2. The third-order valence-electron chi connectivity index (χ3n) is 3.45. The van der Waals surface area contributed by atoms with E-state index in [2.05, 4.69) is 5.10 Å². The van der Waals surface area contributed by atoms with Gasteiger partial charge in [0.2, 0.25) is 0 Å². The molecule has 1 atom stereocenters. The quantitative estimate of drug-likeness (QED) is 0.923. The van der Waals surface area contributed by atoms with Crippen LogP contribution in [0.25, 0.3) is 5.69 Å². The van der Waals surface area contributed by atoms with Gasteiger partial charge in [-0.05, 0) is 57.4 Å². The Labute approximate surface area is 113 Å². The first kappa shape index (κ1) is 13.7. The van der Waals surface area contributed by atoms with Crippen LogP contribution in [-0.2, 0) is 6.42 Å². The van der Waals surface area contributed by atoms with E-state index in [0.717, 1.165) is 22.5 Å². The van der Waals surface area contributed by atoms with Gasteiger partial charge in [-0.15, -0.1) is 0 Å². The van der Waals surface area contributed by atoms with E-state index in [1.807, 2.05) is 33.8 Å². The van der Waals surface area contributed by atoms with Crippen LogP contribution in [-0.4, -0.2) is 15.8 Å². The van der Waals surface area contributed by atoms with E-state index in [9.17, 15) is 4.39 Å². The van der Waals surface area contributed by atoms with Crippen molar-refractivity contribution >= 4 is 0 Å². The van der Waals surface area contributed by atoms with Crippen LogP contribution < -0.4 is 5.73 Å². The number of aryl methyl sites for hydroxylation is 1. The molecular formula is C15H20FN3. The lowest BCUT2D eigenvalue weighted by Crippen LogP contribution is -2.18. The SMILES string of the molecule is Cc1nn(-c2ccc(CC(C)N)cc2F)c(C)c1C. The van der Waals surface area contributed by atoms with Gasteiger partial charge in [-0.2, -0.15) is 5.10 Å². The monoisotopic (exact) mass is 261 g/mol. The highest BCUT2D eigenvalue weighted by Gasteiger charge is 2.13. The number of hydrogen-bond acceptors (Lipinski definition) is 2. The number of hydrogen-bond donors (Lipinski definition) is 1. The van der Waals surface area contributed by atoms with Gasteiger partial charge in [0.05, 0.1) is 5.69 Å². The minimum absolute atomic E-state index is 0.0289. The van der Waals surface area contributed by atoms with Crippen molar-refractivity contribution < 1.29 is 4.39 Å². The topological polar surface area (TPSA) is 43.8 Å². The van der Waals surface area contributed by atoms with Crippen LogP contribution in [0.15, 0.2) is 18.2 Å². The lowest BCUT2D eigenvalue weighted by atomic mass is 10.1. The molecule has 0 radical (unpaired) electrons. The van der Waals surface area contributed by atoms with Gasteiger partial charge in [0.25, 0.3) is 0 Å². The first-order valence-electron chi connectivity index (χ1n) is 6.47. The van der Waals surface area contributed by atoms with Crippen LogP contribution in [0.4, 0.5) is 4.39 Å². The molecule has 0 saturated heterocycles. The van der Waals surface area contributed by atoms with Crippen molar-refractivity contribution in [1.29, 1.82) is 0 Å². The Kier molecular flexibility index (Phi) is 3.71. The molecule has 4 heteroatoms. The Hall–Kier alpha value is -1.68. The van der Waals surface area contributed by atoms with Crippen LogP contribution in [0, 0.1) is 26.6 Å². The number of halogens is 1. The molecule has 1 aromatic heterocycles. The van der Waals surface area contributed by atoms with Crippen LogP contribution in [0.1, 0.15) is 29.4 Å². The Bertz CT molecular complexity index is 600. The highest BCUT2D eigenvalue weighted by Crippen LogP contribution is 2.20. The highest BCUT2D eigenvalue weighted by molar-refractivity contribution is 5.40.